The number of rotatable bonds is 3. The van der Waals surface area contributed by atoms with Gasteiger partial charge in [-0.25, -0.2) is 9.78 Å². The summed E-state index contributed by atoms with van der Waals surface area (Å²) in [7, 11) is 0. The number of nitrogens with zero attached hydrogens (tertiary/aromatic N) is 2. The normalized spacial score (nSPS) is 11.5. The van der Waals surface area contributed by atoms with Crippen molar-refractivity contribution in [1.29, 1.82) is 0 Å². The Labute approximate surface area is 169 Å². The molecule has 0 fully saturated rings. The van der Waals surface area contributed by atoms with Gasteiger partial charge in [-0.15, -0.1) is 0 Å². The van der Waals surface area contributed by atoms with E-state index in [0.29, 0.717) is 11.3 Å². The minimum atomic E-state index is -4.48. The maximum atomic E-state index is 12.8. The maximum absolute atomic E-state index is 12.8. The quantitative estimate of drug-likeness (QED) is 0.411. The van der Waals surface area contributed by atoms with E-state index in [1.54, 1.807) is 18.3 Å². The number of aryl methyl sites for hydroxylation is 1. The number of hydrogen-bond donors (Lipinski definition) is 3. The SMILES string of the molecule is Cc1[nH]nc2nccc(-c3ccc(NC(=O)Nc4cccc(C(F)(F)F)c4)cc3)c12. The number of anilines is 2. The van der Waals surface area contributed by atoms with Crippen molar-refractivity contribution in [1.82, 2.24) is 15.2 Å². The minimum absolute atomic E-state index is 0.0496. The van der Waals surface area contributed by atoms with Crippen LogP contribution in [-0.2, 0) is 6.18 Å². The Kier molecular flexibility index (Phi) is 4.86. The molecule has 2 aromatic carbocycles. The van der Waals surface area contributed by atoms with Crippen LogP contribution in [0.15, 0.2) is 60.8 Å². The van der Waals surface area contributed by atoms with E-state index in [2.05, 4.69) is 25.8 Å². The highest BCUT2D eigenvalue weighted by Crippen LogP contribution is 2.31. The molecule has 30 heavy (non-hydrogen) atoms. The smallest absolute Gasteiger partial charge is 0.308 e. The molecule has 0 saturated heterocycles. The third kappa shape index (κ3) is 3.95. The van der Waals surface area contributed by atoms with E-state index in [1.807, 2.05) is 25.1 Å². The number of alkyl halides is 3. The summed E-state index contributed by atoms with van der Waals surface area (Å²) < 4.78 is 38.4. The highest BCUT2D eigenvalue weighted by atomic mass is 19.4. The first-order valence-corrected chi connectivity index (χ1v) is 8.96. The van der Waals surface area contributed by atoms with Crippen LogP contribution >= 0.6 is 0 Å². The summed E-state index contributed by atoms with van der Waals surface area (Å²) in [6.07, 6.45) is -2.80. The van der Waals surface area contributed by atoms with E-state index in [9.17, 15) is 18.0 Å². The molecule has 2 heterocycles. The summed E-state index contributed by atoms with van der Waals surface area (Å²) in [6.45, 7) is 1.91. The van der Waals surface area contributed by atoms with Crippen molar-refractivity contribution < 1.29 is 18.0 Å². The van der Waals surface area contributed by atoms with Crippen molar-refractivity contribution in [2.75, 3.05) is 10.6 Å². The molecule has 3 N–H and O–H groups in total. The molecule has 0 spiro atoms. The lowest BCUT2D eigenvalue weighted by molar-refractivity contribution is -0.137. The van der Waals surface area contributed by atoms with Gasteiger partial charge in [0.05, 0.1) is 5.56 Å². The van der Waals surface area contributed by atoms with Crippen LogP contribution in [0.4, 0.5) is 29.3 Å². The molecule has 0 bridgehead atoms. The van der Waals surface area contributed by atoms with E-state index in [4.69, 9.17) is 0 Å². The molecule has 0 atom stereocenters. The van der Waals surface area contributed by atoms with Crippen molar-refractivity contribution in [3.8, 4) is 11.1 Å². The van der Waals surface area contributed by atoms with Gasteiger partial charge in [0.2, 0.25) is 0 Å². The van der Waals surface area contributed by atoms with Crippen molar-refractivity contribution in [2.45, 2.75) is 13.1 Å². The van der Waals surface area contributed by atoms with Crippen molar-refractivity contribution in [3.05, 3.63) is 72.1 Å². The van der Waals surface area contributed by atoms with Gasteiger partial charge in [0.25, 0.3) is 0 Å². The summed E-state index contributed by atoms with van der Waals surface area (Å²) in [5, 5.41) is 13.0. The molecular formula is C21H16F3N5O. The third-order valence-electron chi connectivity index (χ3n) is 4.54. The molecule has 0 radical (unpaired) electrons. The lowest BCUT2D eigenvalue weighted by Gasteiger charge is -2.11. The Hall–Kier alpha value is -3.88. The second-order valence-electron chi connectivity index (χ2n) is 6.64. The minimum Gasteiger partial charge on any atom is -0.308 e. The number of urea groups is 1. The number of pyridine rings is 1. The number of aromatic nitrogens is 3. The van der Waals surface area contributed by atoms with Crippen molar-refractivity contribution >= 4 is 28.4 Å². The fourth-order valence-electron chi connectivity index (χ4n) is 3.14. The second-order valence-corrected chi connectivity index (χ2v) is 6.64. The number of fused-ring (bicyclic) bond motifs is 1. The molecule has 4 aromatic rings. The number of carbonyl (C=O) groups is 1. The standard InChI is InChI=1S/C21H16F3N5O/c1-12-18-17(9-10-25-19(18)29-28-12)13-5-7-15(8-6-13)26-20(30)27-16-4-2-3-14(11-16)21(22,23)24/h2-11H,1H3,(H,25,28,29)(H2,26,27,30). The summed E-state index contributed by atoms with van der Waals surface area (Å²) in [6, 6.07) is 12.8. The summed E-state index contributed by atoms with van der Waals surface area (Å²) in [5.74, 6) is 0. The number of amides is 2. The van der Waals surface area contributed by atoms with Gasteiger partial charge in [0.1, 0.15) is 0 Å². The molecule has 0 aliphatic carbocycles. The molecule has 9 heteroatoms. The molecule has 2 aromatic heterocycles. The first-order chi connectivity index (χ1) is 14.3. The molecular weight excluding hydrogens is 395 g/mol. The molecule has 152 valence electrons. The van der Waals surface area contributed by atoms with Gasteiger partial charge in [-0.05, 0) is 54.4 Å². The lowest BCUT2D eigenvalue weighted by Crippen LogP contribution is -2.19. The number of nitrogens with one attached hydrogen (secondary N) is 3. The van der Waals surface area contributed by atoms with Crippen LogP contribution in [0.5, 0.6) is 0 Å². The first-order valence-electron chi connectivity index (χ1n) is 8.96. The lowest BCUT2D eigenvalue weighted by atomic mass is 10.0. The van der Waals surface area contributed by atoms with Gasteiger partial charge in [0.15, 0.2) is 5.65 Å². The fraction of sp³-hybridized carbons (Fsp3) is 0.0952. The van der Waals surface area contributed by atoms with E-state index in [1.165, 1.54) is 12.1 Å². The number of halogens is 3. The summed E-state index contributed by atoms with van der Waals surface area (Å²) in [5.41, 5.74) is 3.10. The number of hydrogen-bond acceptors (Lipinski definition) is 3. The Morgan fingerprint density at radius 1 is 1.00 bits per heavy atom. The van der Waals surface area contributed by atoms with E-state index in [-0.39, 0.29) is 5.69 Å². The number of H-pyrrole nitrogens is 1. The highest BCUT2D eigenvalue weighted by Gasteiger charge is 2.30. The van der Waals surface area contributed by atoms with Crippen LogP contribution in [-0.4, -0.2) is 21.2 Å². The average Bonchev–Trinajstić information content (AvgIpc) is 3.09. The molecule has 0 aliphatic heterocycles. The topological polar surface area (TPSA) is 82.7 Å². The number of aromatic amines is 1. The third-order valence-corrected chi connectivity index (χ3v) is 4.54. The van der Waals surface area contributed by atoms with Gasteiger partial charge in [0, 0.05) is 28.7 Å². The van der Waals surface area contributed by atoms with Gasteiger partial charge in [-0.1, -0.05) is 18.2 Å². The Bertz CT molecular complexity index is 1220. The zero-order valence-electron chi connectivity index (χ0n) is 15.7. The number of benzene rings is 2. The predicted octanol–water partition coefficient (Wildman–Crippen LogP) is 5.60. The molecule has 0 saturated carbocycles. The molecule has 2 amide bonds. The van der Waals surface area contributed by atoms with Crippen LogP contribution < -0.4 is 10.6 Å². The van der Waals surface area contributed by atoms with Crippen LogP contribution in [0.3, 0.4) is 0 Å². The zero-order chi connectivity index (χ0) is 21.3. The second kappa shape index (κ2) is 7.51. The first kappa shape index (κ1) is 19.4. The van der Waals surface area contributed by atoms with Gasteiger partial charge < -0.3 is 10.6 Å². The molecule has 4 rings (SSSR count). The van der Waals surface area contributed by atoms with Gasteiger partial charge in [-0.3, -0.25) is 5.10 Å². The highest BCUT2D eigenvalue weighted by molar-refractivity contribution is 6.00. The van der Waals surface area contributed by atoms with E-state index >= 15 is 0 Å². The average molecular weight is 411 g/mol. The zero-order valence-corrected chi connectivity index (χ0v) is 15.7. The Balaban J connectivity index is 1.49. The van der Waals surface area contributed by atoms with Gasteiger partial charge in [-0.2, -0.15) is 18.3 Å². The Morgan fingerprint density at radius 2 is 1.73 bits per heavy atom. The van der Waals surface area contributed by atoms with Crippen LogP contribution in [0.25, 0.3) is 22.2 Å². The largest absolute Gasteiger partial charge is 0.416 e. The van der Waals surface area contributed by atoms with Crippen molar-refractivity contribution in [3.63, 3.8) is 0 Å². The van der Waals surface area contributed by atoms with E-state index in [0.717, 1.165) is 34.3 Å². The number of carbonyl (C=O) groups excluding carboxylic acids is 1. The summed E-state index contributed by atoms with van der Waals surface area (Å²) >= 11 is 0. The monoisotopic (exact) mass is 411 g/mol. The fourth-order valence-corrected chi connectivity index (χ4v) is 3.14. The predicted molar refractivity (Wildman–Crippen MR) is 108 cm³/mol. The van der Waals surface area contributed by atoms with Crippen LogP contribution in [0.2, 0.25) is 0 Å². The van der Waals surface area contributed by atoms with Crippen LogP contribution in [0, 0.1) is 6.92 Å². The molecule has 0 unspecified atom stereocenters. The van der Waals surface area contributed by atoms with Crippen LogP contribution in [0.1, 0.15) is 11.3 Å². The molecule has 0 aliphatic rings. The maximum Gasteiger partial charge on any atom is 0.416 e. The van der Waals surface area contributed by atoms with E-state index < -0.39 is 17.8 Å². The summed E-state index contributed by atoms with van der Waals surface area (Å²) in [4.78, 5) is 16.4. The molecule has 6 nitrogen and oxygen atoms in total. The Morgan fingerprint density at radius 3 is 2.47 bits per heavy atom. The van der Waals surface area contributed by atoms with Gasteiger partial charge >= 0.3 is 12.2 Å². The van der Waals surface area contributed by atoms with Crippen molar-refractivity contribution in [2.24, 2.45) is 0 Å².